The molecule has 0 aliphatic rings. The number of rotatable bonds is 4. The lowest BCUT2D eigenvalue weighted by atomic mass is 10.0. The number of oxazole rings is 1. The summed E-state index contributed by atoms with van der Waals surface area (Å²) in [5, 5.41) is 5.71. The number of hydrogen-bond acceptors (Lipinski definition) is 4. The first kappa shape index (κ1) is 21.6. The maximum atomic E-state index is 13.4. The number of amides is 1. The minimum atomic E-state index is -0.490. The minimum Gasteiger partial charge on any atom is -0.436 e. The standard InChI is InChI=1S/C25H22FN3O2S/c1-14(2)16-9-10-22-21(12-16)27-24(31-22)18-8-7-15(3)20(13-18)28-25(32)29-23(30)17-5-4-6-19(26)11-17/h4-14H,1-3H3,(H2,28,29,30,32). The number of carbonyl (C=O) groups is 1. The molecule has 0 bridgehead atoms. The average molecular weight is 448 g/mol. The highest BCUT2D eigenvalue weighted by Gasteiger charge is 2.13. The van der Waals surface area contributed by atoms with Crippen molar-refractivity contribution in [2.75, 3.05) is 5.32 Å². The van der Waals surface area contributed by atoms with Gasteiger partial charge in [-0.15, -0.1) is 0 Å². The zero-order chi connectivity index (χ0) is 22.8. The fraction of sp³-hybridized carbons (Fsp3) is 0.160. The fourth-order valence-electron chi connectivity index (χ4n) is 3.28. The highest BCUT2D eigenvalue weighted by atomic mass is 32.1. The van der Waals surface area contributed by atoms with E-state index in [9.17, 15) is 9.18 Å². The number of halogens is 1. The molecule has 0 atom stereocenters. The topological polar surface area (TPSA) is 67.2 Å². The summed E-state index contributed by atoms with van der Waals surface area (Å²) in [6.45, 7) is 6.19. The number of fused-ring (bicyclic) bond motifs is 1. The van der Waals surface area contributed by atoms with Crippen LogP contribution in [0.4, 0.5) is 10.1 Å². The Bertz CT molecular complexity index is 1330. The van der Waals surface area contributed by atoms with Gasteiger partial charge in [0.05, 0.1) is 0 Å². The van der Waals surface area contributed by atoms with Gasteiger partial charge in [0.1, 0.15) is 11.3 Å². The SMILES string of the molecule is Cc1ccc(-c2nc3cc(C(C)C)ccc3o2)cc1NC(=S)NC(=O)c1cccc(F)c1. The largest absolute Gasteiger partial charge is 0.436 e. The molecule has 0 saturated heterocycles. The maximum absolute atomic E-state index is 13.4. The number of aryl methyl sites for hydroxylation is 1. The van der Waals surface area contributed by atoms with Crippen LogP contribution in [0.15, 0.2) is 65.1 Å². The normalized spacial score (nSPS) is 11.0. The molecule has 162 valence electrons. The average Bonchev–Trinajstić information content (AvgIpc) is 3.18. The van der Waals surface area contributed by atoms with Crippen LogP contribution in [0.5, 0.6) is 0 Å². The maximum Gasteiger partial charge on any atom is 0.257 e. The van der Waals surface area contributed by atoms with Gasteiger partial charge in [-0.05, 0) is 78.7 Å². The van der Waals surface area contributed by atoms with Crippen molar-refractivity contribution < 1.29 is 13.6 Å². The number of nitrogens with zero attached hydrogens (tertiary/aromatic N) is 1. The summed E-state index contributed by atoms with van der Waals surface area (Å²) in [4.78, 5) is 17.0. The number of anilines is 1. The van der Waals surface area contributed by atoms with E-state index in [4.69, 9.17) is 16.6 Å². The van der Waals surface area contributed by atoms with Crippen molar-refractivity contribution in [1.29, 1.82) is 0 Å². The van der Waals surface area contributed by atoms with Gasteiger partial charge in [0.25, 0.3) is 5.91 Å². The number of thiocarbonyl (C=S) groups is 1. The van der Waals surface area contributed by atoms with Gasteiger partial charge < -0.3 is 9.73 Å². The molecule has 3 aromatic carbocycles. The highest BCUT2D eigenvalue weighted by molar-refractivity contribution is 7.80. The van der Waals surface area contributed by atoms with Crippen molar-refractivity contribution in [3.8, 4) is 11.5 Å². The van der Waals surface area contributed by atoms with E-state index in [-0.39, 0.29) is 10.7 Å². The molecule has 1 aromatic heterocycles. The van der Waals surface area contributed by atoms with Crippen LogP contribution in [0.25, 0.3) is 22.6 Å². The van der Waals surface area contributed by atoms with Crippen LogP contribution in [0.3, 0.4) is 0 Å². The van der Waals surface area contributed by atoms with Gasteiger partial charge in [-0.2, -0.15) is 0 Å². The Hall–Kier alpha value is -3.58. The van der Waals surface area contributed by atoms with E-state index < -0.39 is 11.7 Å². The van der Waals surface area contributed by atoms with E-state index in [0.29, 0.717) is 17.5 Å². The quantitative estimate of drug-likeness (QED) is 0.365. The Morgan fingerprint density at radius 1 is 1.09 bits per heavy atom. The van der Waals surface area contributed by atoms with Gasteiger partial charge >= 0.3 is 0 Å². The summed E-state index contributed by atoms with van der Waals surface area (Å²) in [7, 11) is 0. The molecular weight excluding hydrogens is 425 g/mol. The van der Waals surface area contributed by atoms with Crippen LogP contribution in [-0.4, -0.2) is 16.0 Å². The van der Waals surface area contributed by atoms with E-state index in [1.54, 1.807) is 0 Å². The molecule has 0 spiro atoms. The summed E-state index contributed by atoms with van der Waals surface area (Å²) < 4.78 is 19.3. The zero-order valence-corrected chi connectivity index (χ0v) is 18.7. The third-order valence-electron chi connectivity index (χ3n) is 5.12. The van der Waals surface area contributed by atoms with Crippen molar-refractivity contribution >= 4 is 40.0 Å². The van der Waals surface area contributed by atoms with Gasteiger partial charge in [0, 0.05) is 16.8 Å². The number of hydrogen-bond donors (Lipinski definition) is 2. The van der Waals surface area contributed by atoms with Crippen molar-refractivity contribution in [3.05, 3.63) is 83.2 Å². The van der Waals surface area contributed by atoms with Crippen molar-refractivity contribution in [1.82, 2.24) is 10.3 Å². The van der Waals surface area contributed by atoms with Gasteiger partial charge in [0.2, 0.25) is 5.89 Å². The lowest BCUT2D eigenvalue weighted by molar-refractivity contribution is 0.0977. The third-order valence-corrected chi connectivity index (χ3v) is 5.33. The molecule has 32 heavy (non-hydrogen) atoms. The molecule has 0 aliphatic heterocycles. The van der Waals surface area contributed by atoms with E-state index in [1.807, 2.05) is 43.3 Å². The molecule has 1 amide bonds. The van der Waals surface area contributed by atoms with Crippen molar-refractivity contribution in [2.24, 2.45) is 0 Å². The smallest absolute Gasteiger partial charge is 0.257 e. The first-order valence-corrected chi connectivity index (χ1v) is 10.6. The number of carbonyl (C=O) groups excluding carboxylic acids is 1. The number of aromatic nitrogens is 1. The molecule has 0 fully saturated rings. The minimum absolute atomic E-state index is 0.110. The predicted octanol–water partition coefficient (Wildman–Crippen LogP) is 6.19. The Kier molecular flexibility index (Phi) is 6.01. The highest BCUT2D eigenvalue weighted by Crippen LogP contribution is 2.29. The van der Waals surface area contributed by atoms with Crippen LogP contribution >= 0.6 is 12.2 Å². The number of nitrogens with one attached hydrogen (secondary N) is 2. The van der Waals surface area contributed by atoms with Gasteiger partial charge in [-0.25, -0.2) is 9.37 Å². The molecule has 4 rings (SSSR count). The van der Waals surface area contributed by atoms with Crippen LogP contribution in [0.1, 0.15) is 41.3 Å². The monoisotopic (exact) mass is 447 g/mol. The van der Waals surface area contributed by atoms with Gasteiger partial charge in [0.15, 0.2) is 10.7 Å². The Morgan fingerprint density at radius 2 is 1.91 bits per heavy atom. The summed E-state index contributed by atoms with van der Waals surface area (Å²) in [6.07, 6.45) is 0. The van der Waals surface area contributed by atoms with Crippen LogP contribution in [-0.2, 0) is 0 Å². The molecule has 5 nitrogen and oxygen atoms in total. The second-order valence-corrected chi connectivity index (χ2v) is 8.26. The fourth-order valence-corrected chi connectivity index (χ4v) is 3.48. The number of benzene rings is 3. The molecule has 4 aromatic rings. The lowest BCUT2D eigenvalue weighted by Gasteiger charge is -2.12. The molecule has 0 aliphatic carbocycles. The second kappa shape index (κ2) is 8.88. The summed E-state index contributed by atoms with van der Waals surface area (Å²) in [5.41, 5.74) is 5.32. The van der Waals surface area contributed by atoms with Crippen LogP contribution < -0.4 is 10.6 Å². The molecule has 0 saturated carbocycles. The van der Waals surface area contributed by atoms with Crippen LogP contribution in [0.2, 0.25) is 0 Å². The summed E-state index contributed by atoms with van der Waals surface area (Å²) in [5.74, 6) is -0.0772. The molecule has 0 unspecified atom stereocenters. The van der Waals surface area contributed by atoms with E-state index in [1.165, 1.54) is 23.8 Å². The van der Waals surface area contributed by atoms with E-state index in [2.05, 4.69) is 29.5 Å². The van der Waals surface area contributed by atoms with E-state index >= 15 is 0 Å². The zero-order valence-electron chi connectivity index (χ0n) is 17.9. The third kappa shape index (κ3) is 4.68. The second-order valence-electron chi connectivity index (χ2n) is 7.85. The Balaban J connectivity index is 1.54. The Labute approximate surface area is 190 Å². The van der Waals surface area contributed by atoms with Crippen molar-refractivity contribution in [3.63, 3.8) is 0 Å². The molecular formula is C25H22FN3O2S. The van der Waals surface area contributed by atoms with Gasteiger partial charge in [-0.3, -0.25) is 10.1 Å². The lowest BCUT2D eigenvalue weighted by Crippen LogP contribution is -2.34. The molecule has 1 heterocycles. The molecule has 2 N–H and O–H groups in total. The molecule has 7 heteroatoms. The van der Waals surface area contributed by atoms with E-state index in [0.717, 1.165) is 28.3 Å². The first-order valence-electron chi connectivity index (χ1n) is 10.2. The Morgan fingerprint density at radius 3 is 2.66 bits per heavy atom. The van der Waals surface area contributed by atoms with Crippen molar-refractivity contribution in [2.45, 2.75) is 26.7 Å². The van der Waals surface area contributed by atoms with Gasteiger partial charge in [-0.1, -0.05) is 32.0 Å². The summed E-state index contributed by atoms with van der Waals surface area (Å²) in [6, 6.07) is 17.1. The van der Waals surface area contributed by atoms with Crippen LogP contribution in [0, 0.1) is 12.7 Å². The molecule has 0 radical (unpaired) electrons. The first-order chi connectivity index (χ1) is 15.3. The predicted molar refractivity (Wildman–Crippen MR) is 128 cm³/mol. The summed E-state index contributed by atoms with van der Waals surface area (Å²) >= 11 is 5.28.